The fourth-order valence-corrected chi connectivity index (χ4v) is 5.46. The maximum absolute atomic E-state index is 13.1. The van der Waals surface area contributed by atoms with Crippen LogP contribution in [0, 0.1) is 0 Å². The molecule has 0 unspecified atom stereocenters. The number of amides is 1. The highest BCUT2D eigenvalue weighted by molar-refractivity contribution is 7.17. The SMILES string of the molecule is CNC1CCN(C(=O)[C@H]2Cc3cc(Cl)cc(-c4ccnc5ccsc45)c3O2)CC1. The second-order valence-electron chi connectivity index (χ2n) is 7.63. The molecule has 2 aliphatic heterocycles. The number of halogens is 1. The summed E-state index contributed by atoms with van der Waals surface area (Å²) in [5, 5.41) is 6.00. The molecule has 150 valence electrons. The van der Waals surface area contributed by atoms with Crippen LogP contribution in [0.4, 0.5) is 0 Å². The number of likely N-dealkylation sites (tertiary alicyclic amines) is 1. The van der Waals surface area contributed by atoms with E-state index in [9.17, 15) is 4.79 Å². The molecule has 0 radical (unpaired) electrons. The highest BCUT2D eigenvalue weighted by Gasteiger charge is 2.35. The maximum Gasteiger partial charge on any atom is 0.263 e. The van der Waals surface area contributed by atoms with Crippen LogP contribution >= 0.6 is 22.9 Å². The van der Waals surface area contributed by atoms with Gasteiger partial charge in [0, 0.05) is 53.5 Å². The van der Waals surface area contributed by atoms with Crippen molar-refractivity contribution >= 4 is 39.1 Å². The van der Waals surface area contributed by atoms with Crippen LogP contribution in [0.2, 0.25) is 5.02 Å². The van der Waals surface area contributed by atoms with Crippen molar-refractivity contribution < 1.29 is 9.53 Å². The summed E-state index contributed by atoms with van der Waals surface area (Å²) in [6, 6.07) is 8.35. The molecule has 3 aromatic rings. The molecule has 5 rings (SSSR count). The lowest BCUT2D eigenvalue weighted by Gasteiger charge is -2.33. The van der Waals surface area contributed by atoms with E-state index in [-0.39, 0.29) is 5.91 Å². The average Bonchev–Trinajstić information content (AvgIpc) is 3.39. The second-order valence-corrected chi connectivity index (χ2v) is 8.99. The third-order valence-corrected chi connectivity index (χ3v) is 7.08. The third kappa shape index (κ3) is 3.39. The Hall–Kier alpha value is -2.15. The number of carbonyl (C=O) groups excluding carboxylic acids is 1. The van der Waals surface area contributed by atoms with E-state index in [1.165, 1.54) is 0 Å². The minimum absolute atomic E-state index is 0.0776. The van der Waals surface area contributed by atoms with Gasteiger partial charge in [-0.15, -0.1) is 11.3 Å². The monoisotopic (exact) mass is 427 g/mol. The molecule has 29 heavy (non-hydrogen) atoms. The van der Waals surface area contributed by atoms with E-state index >= 15 is 0 Å². The molecule has 1 aromatic carbocycles. The van der Waals surface area contributed by atoms with Gasteiger partial charge in [0.05, 0.1) is 10.2 Å². The molecule has 1 atom stereocenters. The number of fused-ring (bicyclic) bond motifs is 2. The molecular formula is C22H22ClN3O2S. The van der Waals surface area contributed by atoms with E-state index in [2.05, 4.69) is 10.3 Å². The van der Waals surface area contributed by atoms with Gasteiger partial charge in [-0.2, -0.15) is 0 Å². The molecule has 1 saturated heterocycles. The van der Waals surface area contributed by atoms with Crippen molar-refractivity contribution in [1.29, 1.82) is 0 Å². The van der Waals surface area contributed by atoms with Gasteiger partial charge < -0.3 is 15.0 Å². The van der Waals surface area contributed by atoms with E-state index in [1.807, 2.05) is 41.6 Å². The summed E-state index contributed by atoms with van der Waals surface area (Å²) in [5.74, 6) is 0.854. The largest absolute Gasteiger partial charge is 0.479 e. The van der Waals surface area contributed by atoms with E-state index in [0.717, 1.165) is 58.6 Å². The normalized spacial score (nSPS) is 19.4. The molecule has 2 aliphatic rings. The lowest BCUT2D eigenvalue weighted by Crippen LogP contribution is -2.48. The summed E-state index contributed by atoms with van der Waals surface area (Å²) in [7, 11) is 1.98. The lowest BCUT2D eigenvalue weighted by molar-refractivity contribution is -0.139. The van der Waals surface area contributed by atoms with Gasteiger partial charge in [0.1, 0.15) is 5.75 Å². The van der Waals surface area contributed by atoms with E-state index < -0.39 is 6.10 Å². The minimum Gasteiger partial charge on any atom is -0.479 e. The fourth-order valence-electron chi connectivity index (χ4n) is 4.34. The number of nitrogens with zero attached hydrogens (tertiary/aromatic N) is 2. The van der Waals surface area contributed by atoms with E-state index in [0.29, 0.717) is 17.5 Å². The Morgan fingerprint density at radius 2 is 2.10 bits per heavy atom. The Morgan fingerprint density at radius 1 is 1.28 bits per heavy atom. The minimum atomic E-state index is -0.478. The molecule has 1 amide bonds. The van der Waals surface area contributed by atoms with Gasteiger partial charge in [-0.05, 0) is 49.5 Å². The highest BCUT2D eigenvalue weighted by atomic mass is 35.5. The van der Waals surface area contributed by atoms with Crippen molar-refractivity contribution in [3.8, 4) is 16.9 Å². The van der Waals surface area contributed by atoms with Crippen LogP contribution in [0.15, 0.2) is 35.8 Å². The van der Waals surface area contributed by atoms with Gasteiger partial charge in [0.25, 0.3) is 5.91 Å². The zero-order valence-electron chi connectivity index (χ0n) is 16.2. The first kappa shape index (κ1) is 18.9. The van der Waals surface area contributed by atoms with Crippen LogP contribution in [0.5, 0.6) is 5.75 Å². The zero-order chi connectivity index (χ0) is 20.0. The number of nitrogens with one attached hydrogen (secondary N) is 1. The number of pyridine rings is 1. The number of hydrogen-bond acceptors (Lipinski definition) is 5. The van der Waals surface area contributed by atoms with Crippen LogP contribution in [0.25, 0.3) is 21.3 Å². The topological polar surface area (TPSA) is 54.5 Å². The van der Waals surface area contributed by atoms with E-state index in [4.69, 9.17) is 16.3 Å². The van der Waals surface area contributed by atoms with Gasteiger partial charge in [0.15, 0.2) is 6.10 Å². The molecule has 0 spiro atoms. The van der Waals surface area contributed by atoms with Gasteiger partial charge in [-0.25, -0.2) is 0 Å². The summed E-state index contributed by atoms with van der Waals surface area (Å²) in [5.41, 5.74) is 3.94. The predicted octanol–water partition coefficient (Wildman–Crippen LogP) is 4.13. The van der Waals surface area contributed by atoms with Crippen LogP contribution in [-0.4, -0.2) is 48.1 Å². The van der Waals surface area contributed by atoms with Gasteiger partial charge in [-0.1, -0.05) is 11.6 Å². The summed E-state index contributed by atoms with van der Waals surface area (Å²) in [4.78, 5) is 19.5. The van der Waals surface area contributed by atoms with Crippen molar-refractivity contribution in [3.63, 3.8) is 0 Å². The van der Waals surface area contributed by atoms with Crippen molar-refractivity contribution in [3.05, 3.63) is 46.4 Å². The van der Waals surface area contributed by atoms with Crippen molar-refractivity contribution in [2.75, 3.05) is 20.1 Å². The smallest absolute Gasteiger partial charge is 0.263 e. The first-order valence-electron chi connectivity index (χ1n) is 9.91. The summed E-state index contributed by atoms with van der Waals surface area (Å²) in [6.45, 7) is 1.54. The molecule has 1 fully saturated rings. The molecule has 1 N–H and O–H groups in total. The molecular weight excluding hydrogens is 406 g/mol. The molecule has 2 aromatic heterocycles. The van der Waals surface area contributed by atoms with Crippen LogP contribution in [0.3, 0.4) is 0 Å². The number of benzene rings is 1. The van der Waals surface area contributed by atoms with Crippen LogP contribution in [0.1, 0.15) is 18.4 Å². The molecule has 0 saturated carbocycles. The quantitative estimate of drug-likeness (QED) is 0.682. The number of aromatic nitrogens is 1. The number of thiophene rings is 1. The lowest BCUT2D eigenvalue weighted by atomic mass is 10.00. The Morgan fingerprint density at radius 3 is 2.90 bits per heavy atom. The zero-order valence-corrected chi connectivity index (χ0v) is 17.7. The van der Waals surface area contributed by atoms with Gasteiger partial charge in [-0.3, -0.25) is 9.78 Å². The Balaban J connectivity index is 1.45. The summed E-state index contributed by atoms with van der Waals surface area (Å²) >= 11 is 8.09. The number of ether oxygens (including phenoxy) is 1. The maximum atomic E-state index is 13.1. The molecule has 5 nitrogen and oxygen atoms in total. The van der Waals surface area contributed by atoms with Gasteiger partial charge >= 0.3 is 0 Å². The standard InChI is InChI=1S/C22H22ClN3O2S/c1-24-15-3-7-26(8-4-15)22(27)19-11-13-10-14(23)12-17(20(13)28-19)16-2-6-25-18-5-9-29-21(16)18/h2,5-6,9-10,12,15,19,24H,3-4,7-8,11H2,1H3/t19-/m1/s1. The Bertz CT molecular complexity index is 1080. The van der Waals surface area contributed by atoms with Crippen LogP contribution < -0.4 is 10.1 Å². The average molecular weight is 428 g/mol. The molecule has 7 heteroatoms. The predicted molar refractivity (Wildman–Crippen MR) is 117 cm³/mol. The number of piperidine rings is 1. The molecule has 4 heterocycles. The van der Waals surface area contributed by atoms with E-state index in [1.54, 1.807) is 17.5 Å². The van der Waals surface area contributed by atoms with Gasteiger partial charge in [0.2, 0.25) is 0 Å². The van der Waals surface area contributed by atoms with Crippen molar-refractivity contribution in [1.82, 2.24) is 15.2 Å². The fraction of sp³-hybridized carbons (Fsp3) is 0.364. The number of carbonyl (C=O) groups is 1. The van der Waals surface area contributed by atoms with Crippen molar-refractivity contribution in [2.45, 2.75) is 31.4 Å². The second kappa shape index (κ2) is 7.59. The summed E-state index contributed by atoms with van der Waals surface area (Å²) in [6.07, 6.45) is 3.85. The Kier molecular flexibility index (Phi) is 4.94. The highest BCUT2D eigenvalue weighted by Crippen LogP contribution is 2.44. The molecule has 0 bridgehead atoms. The van der Waals surface area contributed by atoms with Crippen molar-refractivity contribution in [2.24, 2.45) is 0 Å². The molecule has 0 aliphatic carbocycles. The first-order valence-corrected chi connectivity index (χ1v) is 11.2. The third-order valence-electron chi connectivity index (χ3n) is 5.92. The number of hydrogen-bond donors (Lipinski definition) is 1. The first-order chi connectivity index (χ1) is 14.1. The Labute approximate surface area is 178 Å². The van der Waals surface area contributed by atoms with Crippen LogP contribution in [-0.2, 0) is 11.2 Å². The summed E-state index contributed by atoms with van der Waals surface area (Å²) < 4.78 is 7.36. The number of rotatable bonds is 3.